The van der Waals surface area contributed by atoms with Crippen molar-refractivity contribution < 1.29 is 55.1 Å². The van der Waals surface area contributed by atoms with E-state index in [1.54, 1.807) is 24.5 Å². The molecule has 0 aliphatic heterocycles. The smallest absolute Gasteiger partial charge is 0.307 e. The van der Waals surface area contributed by atoms with Gasteiger partial charge in [0, 0.05) is 69.2 Å². The molecule has 0 bridgehead atoms. The normalized spacial score (nSPS) is 13.1. The lowest BCUT2D eigenvalue weighted by molar-refractivity contribution is -0.143. The second kappa shape index (κ2) is 28.6. The maximum absolute atomic E-state index is 13.7. The number of aromatic nitrogens is 2. The Kier molecular flexibility index (Phi) is 24.1. The molecule has 0 spiro atoms. The maximum atomic E-state index is 13.7. The highest BCUT2D eigenvalue weighted by Gasteiger charge is 2.26. The van der Waals surface area contributed by atoms with Gasteiger partial charge in [-0.1, -0.05) is 30.3 Å². The highest BCUT2D eigenvalue weighted by atomic mass is 32.2. The quantitative estimate of drug-likeness (QED) is 0.0429. The number of carbonyl (C=O) groups is 3. The Hall–Kier alpha value is -5.98. The maximum Gasteiger partial charge on any atom is 0.307 e. The van der Waals surface area contributed by atoms with Crippen molar-refractivity contribution in [2.45, 2.75) is 55.4 Å². The lowest BCUT2D eigenvalue weighted by atomic mass is 10.0. The number of carboxylic acids is 3. The molecule has 2 heterocycles. The predicted octanol–water partition coefficient (Wildman–Crippen LogP) is 7.06. The van der Waals surface area contributed by atoms with Crippen LogP contribution in [-0.2, 0) is 69.6 Å². The largest absolute Gasteiger partial charge is 0.481 e. The zero-order valence-corrected chi connectivity index (χ0v) is 46.2. The predicted molar refractivity (Wildman–Crippen MR) is 297 cm³/mol. The number of sulfonamides is 2. The fourth-order valence-corrected chi connectivity index (χ4v) is 9.63. The molecule has 1 aliphatic rings. The first-order valence-electron chi connectivity index (χ1n) is 22.9. The number of hydrogen-bond donors (Lipinski definition) is 7. The molecule has 6 aromatic rings. The Morgan fingerprint density at radius 1 is 0.676 bits per heavy atom. The van der Waals surface area contributed by atoms with Crippen LogP contribution in [0, 0.1) is 5.82 Å². The van der Waals surface area contributed by atoms with Gasteiger partial charge in [-0.05, 0) is 172 Å². The van der Waals surface area contributed by atoms with Crippen LogP contribution in [-0.4, -0.2) is 136 Å². The number of benzene rings is 4. The van der Waals surface area contributed by atoms with Gasteiger partial charge in [-0.3, -0.25) is 18.6 Å². The van der Waals surface area contributed by atoms with Gasteiger partial charge < -0.3 is 35.1 Å². The van der Waals surface area contributed by atoms with Gasteiger partial charge in [0.2, 0.25) is 20.0 Å². The van der Waals surface area contributed by atoms with Gasteiger partial charge in [0.15, 0.2) is 0 Å². The highest BCUT2D eigenvalue weighted by Crippen LogP contribution is 2.44. The van der Waals surface area contributed by atoms with E-state index in [4.69, 9.17) is 15.3 Å². The average molecular weight is 1100 g/mol. The summed E-state index contributed by atoms with van der Waals surface area (Å²) in [5, 5.41) is 27.2. The van der Waals surface area contributed by atoms with Crippen molar-refractivity contribution in [3.05, 3.63) is 142 Å². The number of carboxylic acid groups (broad SMARTS) is 3. The van der Waals surface area contributed by atoms with Crippen LogP contribution in [0.15, 0.2) is 102 Å². The fourth-order valence-electron chi connectivity index (χ4n) is 7.58. The molecule has 2 aromatic heterocycles. The number of H-pyrrole nitrogens is 2. The second-order valence-electron chi connectivity index (χ2n) is 17.7. The third-order valence-electron chi connectivity index (χ3n) is 11.5. The molecule has 402 valence electrons. The summed E-state index contributed by atoms with van der Waals surface area (Å²) >= 11 is 0. The van der Waals surface area contributed by atoms with E-state index in [0.29, 0.717) is 11.1 Å². The summed E-state index contributed by atoms with van der Waals surface area (Å²) in [5.74, 6) is -3.46. The Morgan fingerprint density at radius 3 is 1.53 bits per heavy atom. The SMILES string of the molecule is CC1=C(CC(=O)O)c2cc(F)ccc2/C1=C\c1ccc(S(C)=O)cc1.CNS(=O)(=O)Cc1ccc2[nH]cc(CCN(C)C)c2c1.CNS(=O)(=O)Cc1ccc2[nH]cc(CCN(C)C)c2c1.O=C(O)CCC(=O)O.S. The number of halogens is 1. The fraction of sp³-hybridized carbons (Fsp3) is 0.327. The Morgan fingerprint density at radius 2 is 1.14 bits per heavy atom. The van der Waals surface area contributed by atoms with Gasteiger partial charge >= 0.3 is 17.9 Å². The summed E-state index contributed by atoms with van der Waals surface area (Å²) in [4.78, 5) is 41.9. The van der Waals surface area contributed by atoms with Gasteiger partial charge in [0.05, 0.1) is 30.8 Å². The van der Waals surface area contributed by atoms with Crippen molar-refractivity contribution >= 4 is 101 Å². The Balaban J connectivity index is 0.000000273. The molecule has 0 saturated carbocycles. The molecule has 1 atom stereocenters. The van der Waals surface area contributed by atoms with Gasteiger partial charge in [-0.2, -0.15) is 13.5 Å². The van der Waals surface area contributed by atoms with Crippen LogP contribution in [0.2, 0.25) is 0 Å². The summed E-state index contributed by atoms with van der Waals surface area (Å²) in [6, 6.07) is 23.3. The van der Waals surface area contributed by atoms with Gasteiger partial charge in [0.25, 0.3) is 0 Å². The molecule has 0 saturated heterocycles. The number of likely N-dealkylation sites (N-methyl/N-ethyl adjacent to an activating group) is 2. The summed E-state index contributed by atoms with van der Waals surface area (Å²) in [6.45, 7) is 3.79. The molecular weight excluding hydrogens is 1030 g/mol. The monoisotopic (exact) mass is 1100 g/mol. The molecule has 0 fully saturated rings. The summed E-state index contributed by atoms with van der Waals surface area (Å²) < 4.78 is 76.3. The van der Waals surface area contributed by atoms with Crippen LogP contribution in [0.25, 0.3) is 39.0 Å². The molecule has 0 amide bonds. The van der Waals surface area contributed by atoms with E-state index in [9.17, 15) is 39.8 Å². The molecule has 1 unspecified atom stereocenters. The standard InChI is InChI=1S/C20H17FO3S.2C14H21N3O2S.C4H6O4.H2S/c1-12-17(9-13-3-6-15(7-4-13)25(2)24)16-8-5-14(21)10-19(16)18(12)11-20(22)23;2*1-15-20(18,19)10-11-4-5-14-13(8-11)12(9-16-14)6-7-17(2)3;5-3(6)1-2-4(7)8;/h3-10H,11H2,1-2H3,(H,22,23);2*4-5,8-9,15-16H,6-7,10H2,1-3H3;1-2H2,(H,5,6)(H,7,8);1H2/b17-9-;;;;. The lowest BCUT2D eigenvalue weighted by Crippen LogP contribution is -2.20. The lowest BCUT2D eigenvalue weighted by Gasteiger charge is -2.08. The van der Waals surface area contributed by atoms with Crippen LogP contribution in [0.1, 0.15) is 65.1 Å². The molecule has 7 N–H and O–H groups in total. The van der Waals surface area contributed by atoms with Gasteiger partial charge in [0.1, 0.15) is 5.82 Å². The van der Waals surface area contributed by atoms with Crippen LogP contribution < -0.4 is 9.44 Å². The summed E-state index contributed by atoms with van der Waals surface area (Å²) in [7, 11) is 3.54. The number of aromatic amines is 2. The summed E-state index contributed by atoms with van der Waals surface area (Å²) in [6.07, 6.45) is 8.72. The number of hydrogen-bond acceptors (Lipinski definition) is 10. The zero-order valence-electron chi connectivity index (χ0n) is 42.7. The van der Waals surface area contributed by atoms with Crippen molar-refractivity contribution in [1.82, 2.24) is 29.2 Å². The number of aliphatic carboxylic acids is 3. The Labute approximate surface area is 442 Å². The number of rotatable bonds is 19. The minimum atomic E-state index is -3.23. The van der Waals surface area contributed by atoms with E-state index in [1.165, 1.54) is 37.4 Å². The molecule has 0 radical (unpaired) electrons. The molecule has 22 heteroatoms. The second-order valence-corrected chi connectivity index (χ2v) is 22.9. The Bertz CT molecular complexity index is 3090. The molecule has 74 heavy (non-hydrogen) atoms. The number of nitrogens with zero attached hydrogens (tertiary/aromatic N) is 2. The first kappa shape index (κ1) is 62.3. The van der Waals surface area contributed by atoms with Crippen molar-refractivity contribution in [3.63, 3.8) is 0 Å². The molecule has 4 aromatic carbocycles. The topological polar surface area (TPSA) is 259 Å². The zero-order chi connectivity index (χ0) is 54.2. The van der Waals surface area contributed by atoms with Crippen LogP contribution in [0.5, 0.6) is 0 Å². The van der Waals surface area contributed by atoms with E-state index >= 15 is 0 Å². The number of nitrogens with one attached hydrogen (secondary N) is 4. The van der Waals surface area contributed by atoms with Crippen LogP contribution in [0.4, 0.5) is 4.39 Å². The molecule has 1 aliphatic carbocycles. The molecular formula is C52H67FN6O11S4. The van der Waals surface area contributed by atoms with Crippen molar-refractivity contribution in [2.75, 3.05) is 61.6 Å². The van der Waals surface area contributed by atoms with Gasteiger partial charge in [-0.15, -0.1) is 0 Å². The van der Waals surface area contributed by atoms with Crippen LogP contribution in [0.3, 0.4) is 0 Å². The third kappa shape index (κ3) is 19.4. The minimum absolute atomic E-state index is 0. The van der Waals surface area contributed by atoms with Gasteiger partial charge in [-0.25, -0.2) is 30.7 Å². The van der Waals surface area contributed by atoms with Crippen molar-refractivity contribution in [3.8, 4) is 0 Å². The average Bonchev–Trinajstić information content (AvgIpc) is 4.00. The van der Waals surface area contributed by atoms with E-state index in [0.717, 1.165) is 86.0 Å². The van der Waals surface area contributed by atoms with E-state index in [-0.39, 0.29) is 50.1 Å². The van der Waals surface area contributed by atoms with E-state index < -0.39 is 48.8 Å². The van der Waals surface area contributed by atoms with Crippen molar-refractivity contribution in [1.29, 1.82) is 0 Å². The van der Waals surface area contributed by atoms with E-state index in [1.807, 2.05) is 102 Å². The minimum Gasteiger partial charge on any atom is -0.481 e. The first-order chi connectivity index (χ1) is 34.3. The molecule has 17 nitrogen and oxygen atoms in total. The third-order valence-corrected chi connectivity index (χ3v) is 15.1. The highest BCUT2D eigenvalue weighted by molar-refractivity contribution is 7.88. The van der Waals surface area contributed by atoms with Crippen molar-refractivity contribution in [2.24, 2.45) is 0 Å². The number of fused-ring (bicyclic) bond motifs is 3. The van der Waals surface area contributed by atoms with Crippen LogP contribution >= 0.6 is 13.5 Å². The molecule has 7 rings (SSSR count). The first-order valence-corrected chi connectivity index (χ1v) is 27.8. The van der Waals surface area contributed by atoms with E-state index in [2.05, 4.69) is 29.2 Å². The summed E-state index contributed by atoms with van der Waals surface area (Å²) in [5.41, 5.74) is 10.9. The number of allylic oxidation sites excluding steroid dienone is 2.